The molecule has 1 aromatic carbocycles. The van der Waals surface area contributed by atoms with Crippen molar-refractivity contribution in [3.05, 3.63) is 53.2 Å². The largest absolute Gasteiger partial charge is 0.573 e. The van der Waals surface area contributed by atoms with Crippen molar-refractivity contribution in [1.29, 1.82) is 5.26 Å². The third-order valence-corrected chi connectivity index (χ3v) is 3.71. The summed E-state index contributed by atoms with van der Waals surface area (Å²) in [5.41, 5.74) is 2.09. The number of benzene rings is 1. The van der Waals surface area contributed by atoms with Crippen molar-refractivity contribution in [3.63, 3.8) is 0 Å². The van der Waals surface area contributed by atoms with Gasteiger partial charge in [0.15, 0.2) is 0 Å². The first-order valence-corrected chi connectivity index (χ1v) is 7.21. The summed E-state index contributed by atoms with van der Waals surface area (Å²) in [5, 5.41) is 9.63. The summed E-state index contributed by atoms with van der Waals surface area (Å²) in [4.78, 5) is 4.29. The number of hydrogen-bond acceptors (Lipinski definition) is 4. The van der Waals surface area contributed by atoms with E-state index in [2.05, 4.69) is 15.8 Å². The molecule has 7 heteroatoms. The molecule has 3 nitrogen and oxygen atoms in total. The highest BCUT2D eigenvalue weighted by Gasteiger charge is 2.30. The van der Waals surface area contributed by atoms with Gasteiger partial charge in [0.05, 0.1) is 5.56 Å². The summed E-state index contributed by atoms with van der Waals surface area (Å²) in [6.07, 6.45) is -4.69. The molecule has 0 aliphatic rings. The molecular weight excluding hydrogens is 313 g/mol. The standard InChI is InChI=1S/C15H11F3N2OS/c1-10-2-5-12(8-19)14(20-10)22-9-11-3-6-13(7-4-11)21-15(16,17)18/h2-7H,9H2,1H3. The molecule has 2 rings (SSSR count). The van der Waals surface area contributed by atoms with E-state index in [0.29, 0.717) is 16.3 Å². The molecule has 0 bridgehead atoms. The van der Waals surface area contributed by atoms with E-state index in [0.717, 1.165) is 11.3 Å². The van der Waals surface area contributed by atoms with E-state index in [1.807, 2.05) is 6.92 Å². The number of halogens is 3. The van der Waals surface area contributed by atoms with Crippen molar-refractivity contribution < 1.29 is 17.9 Å². The monoisotopic (exact) mass is 324 g/mol. The third-order valence-electron chi connectivity index (χ3n) is 2.65. The molecule has 0 aliphatic carbocycles. The first-order valence-electron chi connectivity index (χ1n) is 6.22. The Hall–Kier alpha value is -2.20. The molecule has 1 heterocycles. The van der Waals surface area contributed by atoms with Gasteiger partial charge in [0, 0.05) is 11.4 Å². The Morgan fingerprint density at radius 1 is 1.18 bits per heavy atom. The van der Waals surface area contributed by atoms with Crippen LogP contribution in [-0.2, 0) is 5.75 Å². The SMILES string of the molecule is Cc1ccc(C#N)c(SCc2ccc(OC(F)(F)F)cc2)n1. The molecule has 0 spiro atoms. The fourth-order valence-corrected chi connectivity index (χ4v) is 2.64. The normalized spacial score (nSPS) is 11.0. The van der Waals surface area contributed by atoms with Crippen LogP contribution in [0.25, 0.3) is 0 Å². The first-order chi connectivity index (χ1) is 10.4. The molecular formula is C15H11F3N2OS. The van der Waals surface area contributed by atoms with Crippen LogP contribution in [0.15, 0.2) is 41.4 Å². The zero-order chi connectivity index (χ0) is 16.2. The summed E-state index contributed by atoms with van der Waals surface area (Å²) >= 11 is 1.36. The van der Waals surface area contributed by atoms with Gasteiger partial charge in [-0.2, -0.15) is 5.26 Å². The predicted octanol–water partition coefficient (Wildman–Crippen LogP) is 4.45. The minimum absolute atomic E-state index is 0.257. The third kappa shape index (κ3) is 4.67. The van der Waals surface area contributed by atoms with Crippen molar-refractivity contribution in [1.82, 2.24) is 4.98 Å². The van der Waals surface area contributed by atoms with Crippen molar-refractivity contribution in [3.8, 4) is 11.8 Å². The van der Waals surface area contributed by atoms with Gasteiger partial charge in [-0.1, -0.05) is 12.1 Å². The van der Waals surface area contributed by atoms with Crippen molar-refractivity contribution >= 4 is 11.8 Å². The van der Waals surface area contributed by atoms with Crippen LogP contribution in [0.1, 0.15) is 16.8 Å². The second-order valence-corrected chi connectivity index (χ2v) is 5.36. The number of rotatable bonds is 4. The summed E-state index contributed by atoms with van der Waals surface area (Å²) in [7, 11) is 0. The maximum atomic E-state index is 12.1. The van der Waals surface area contributed by atoms with E-state index >= 15 is 0 Å². The number of aromatic nitrogens is 1. The van der Waals surface area contributed by atoms with Crippen molar-refractivity contribution in [2.24, 2.45) is 0 Å². The lowest BCUT2D eigenvalue weighted by atomic mass is 10.2. The highest BCUT2D eigenvalue weighted by atomic mass is 32.2. The van der Waals surface area contributed by atoms with Gasteiger partial charge in [-0.15, -0.1) is 24.9 Å². The molecule has 0 radical (unpaired) electrons. The summed E-state index contributed by atoms with van der Waals surface area (Å²) in [6.45, 7) is 1.83. The zero-order valence-corrected chi connectivity index (χ0v) is 12.3. The van der Waals surface area contributed by atoms with E-state index < -0.39 is 6.36 Å². The van der Waals surface area contributed by atoms with Crippen LogP contribution in [0.5, 0.6) is 5.75 Å². The summed E-state index contributed by atoms with van der Waals surface area (Å²) < 4.78 is 40.0. The van der Waals surface area contributed by atoms with Crippen LogP contribution >= 0.6 is 11.8 Å². The molecule has 1 aromatic heterocycles. The molecule has 0 saturated carbocycles. The zero-order valence-electron chi connectivity index (χ0n) is 11.5. The maximum Gasteiger partial charge on any atom is 0.573 e. The second-order valence-electron chi connectivity index (χ2n) is 4.40. The number of aryl methyl sites for hydroxylation is 1. The topological polar surface area (TPSA) is 45.9 Å². The lowest BCUT2D eigenvalue weighted by Crippen LogP contribution is -2.16. The van der Waals surface area contributed by atoms with Crippen molar-refractivity contribution in [2.45, 2.75) is 24.1 Å². The van der Waals surface area contributed by atoms with Crippen LogP contribution in [-0.4, -0.2) is 11.3 Å². The Labute approximate surface area is 129 Å². The van der Waals surface area contributed by atoms with E-state index in [4.69, 9.17) is 5.26 Å². The molecule has 0 saturated heterocycles. The van der Waals surface area contributed by atoms with Crippen LogP contribution in [0.3, 0.4) is 0 Å². The van der Waals surface area contributed by atoms with Crippen LogP contribution in [0.4, 0.5) is 13.2 Å². The average Bonchev–Trinajstić information content (AvgIpc) is 2.45. The number of hydrogen-bond donors (Lipinski definition) is 0. The molecule has 0 fully saturated rings. The number of thioether (sulfide) groups is 1. The molecule has 22 heavy (non-hydrogen) atoms. The van der Waals surface area contributed by atoms with E-state index in [1.54, 1.807) is 24.3 Å². The molecule has 114 valence electrons. The smallest absolute Gasteiger partial charge is 0.406 e. The number of nitrogens with zero attached hydrogens (tertiary/aromatic N) is 2. The van der Waals surface area contributed by atoms with Gasteiger partial charge in [-0.3, -0.25) is 0 Å². The second kappa shape index (κ2) is 6.71. The van der Waals surface area contributed by atoms with Crippen LogP contribution in [0.2, 0.25) is 0 Å². The van der Waals surface area contributed by atoms with Crippen molar-refractivity contribution in [2.75, 3.05) is 0 Å². The molecule has 0 unspecified atom stereocenters. The number of ether oxygens (including phenoxy) is 1. The fourth-order valence-electron chi connectivity index (χ4n) is 1.67. The van der Waals surface area contributed by atoms with E-state index in [9.17, 15) is 13.2 Å². The lowest BCUT2D eigenvalue weighted by molar-refractivity contribution is -0.274. The first kappa shape index (κ1) is 16.2. The average molecular weight is 324 g/mol. The van der Waals surface area contributed by atoms with Gasteiger partial charge in [0.1, 0.15) is 16.8 Å². The Balaban J connectivity index is 2.04. The van der Waals surface area contributed by atoms with Gasteiger partial charge in [0.2, 0.25) is 0 Å². The van der Waals surface area contributed by atoms with Gasteiger partial charge >= 0.3 is 6.36 Å². The Morgan fingerprint density at radius 2 is 1.86 bits per heavy atom. The van der Waals surface area contributed by atoms with E-state index in [-0.39, 0.29) is 5.75 Å². The highest BCUT2D eigenvalue weighted by molar-refractivity contribution is 7.98. The Morgan fingerprint density at radius 3 is 2.45 bits per heavy atom. The lowest BCUT2D eigenvalue weighted by Gasteiger charge is -2.09. The molecule has 0 atom stereocenters. The van der Waals surface area contributed by atoms with Crippen LogP contribution in [0, 0.1) is 18.3 Å². The van der Waals surface area contributed by atoms with Crippen LogP contribution < -0.4 is 4.74 Å². The summed E-state index contributed by atoms with van der Waals surface area (Å²) in [5.74, 6) is 0.241. The number of pyridine rings is 1. The highest BCUT2D eigenvalue weighted by Crippen LogP contribution is 2.27. The molecule has 0 N–H and O–H groups in total. The minimum atomic E-state index is -4.69. The Kier molecular flexibility index (Phi) is 4.93. The minimum Gasteiger partial charge on any atom is -0.406 e. The predicted molar refractivity (Wildman–Crippen MR) is 76.4 cm³/mol. The molecule has 0 amide bonds. The quantitative estimate of drug-likeness (QED) is 0.779. The maximum absolute atomic E-state index is 12.1. The molecule has 2 aromatic rings. The number of nitriles is 1. The van der Waals surface area contributed by atoms with Gasteiger partial charge in [0.25, 0.3) is 0 Å². The fraction of sp³-hybridized carbons (Fsp3) is 0.200. The molecule has 0 aliphatic heterocycles. The van der Waals surface area contributed by atoms with Gasteiger partial charge < -0.3 is 4.74 Å². The van der Waals surface area contributed by atoms with Gasteiger partial charge in [-0.25, -0.2) is 4.98 Å². The number of alkyl halides is 3. The van der Waals surface area contributed by atoms with Gasteiger partial charge in [-0.05, 0) is 36.8 Å². The van der Waals surface area contributed by atoms with E-state index in [1.165, 1.54) is 23.9 Å². The Bertz CT molecular complexity index is 693. The summed E-state index contributed by atoms with van der Waals surface area (Å²) in [6, 6.07) is 11.1.